The number of rotatable bonds is 8. The van der Waals surface area contributed by atoms with Crippen LogP contribution in [0.15, 0.2) is 30.3 Å². The van der Waals surface area contributed by atoms with Gasteiger partial charge in [0.05, 0.1) is 26.6 Å². The highest BCUT2D eigenvalue weighted by Gasteiger charge is 2.30. The molecule has 2 rings (SSSR count). The van der Waals surface area contributed by atoms with Crippen LogP contribution in [0.25, 0.3) is 0 Å². The maximum Gasteiger partial charge on any atom is 0.307 e. The average Bonchev–Trinajstić information content (AvgIpc) is 2.64. The van der Waals surface area contributed by atoms with E-state index in [1.54, 1.807) is 0 Å². The summed E-state index contributed by atoms with van der Waals surface area (Å²) in [6.45, 7) is 2.97. The molecule has 0 bridgehead atoms. The van der Waals surface area contributed by atoms with Crippen LogP contribution in [0.1, 0.15) is 45.4 Å². The van der Waals surface area contributed by atoms with E-state index < -0.39 is 0 Å². The Morgan fingerprint density at radius 3 is 2.52 bits per heavy atom. The number of methoxy groups -OCH3 is 1. The number of carbonyl (C=O) groups excluding carboxylic acids is 2. The Morgan fingerprint density at radius 2 is 1.84 bits per heavy atom. The summed E-state index contributed by atoms with van der Waals surface area (Å²) in [6.07, 6.45) is 5.05. The van der Waals surface area contributed by atoms with Gasteiger partial charge in [0.15, 0.2) is 0 Å². The lowest BCUT2D eigenvalue weighted by Gasteiger charge is -2.38. The van der Waals surface area contributed by atoms with E-state index >= 15 is 0 Å². The quantitative estimate of drug-likeness (QED) is 0.676. The molecule has 0 saturated heterocycles. The normalized spacial score (nSPS) is 19.9. The molecule has 1 amide bonds. The molecule has 0 radical (unpaired) electrons. The Bertz CT molecular complexity index is 546. The Hall–Kier alpha value is -2.04. The molecular formula is C20H29NO4. The van der Waals surface area contributed by atoms with Crippen molar-refractivity contribution < 1.29 is 19.1 Å². The van der Waals surface area contributed by atoms with E-state index in [1.165, 1.54) is 13.5 Å². The predicted molar refractivity (Wildman–Crippen MR) is 96.3 cm³/mol. The molecule has 2 unspecified atom stereocenters. The third-order valence-corrected chi connectivity index (χ3v) is 4.90. The summed E-state index contributed by atoms with van der Waals surface area (Å²) in [5, 5.41) is 0. The molecule has 0 spiro atoms. The summed E-state index contributed by atoms with van der Waals surface area (Å²) >= 11 is 0. The van der Waals surface area contributed by atoms with Crippen LogP contribution in [-0.4, -0.2) is 43.1 Å². The van der Waals surface area contributed by atoms with Crippen molar-refractivity contribution in [2.45, 2.75) is 51.5 Å². The molecule has 25 heavy (non-hydrogen) atoms. The number of ether oxygens (including phenoxy) is 2. The molecule has 5 heteroatoms. The van der Waals surface area contributed by atoms with Crippen molar-refractivity contribution in [2.24, 2.45) is 5.92 Å². The molecule has 2 atom stereocenters. The van der Waals surface area contributed by atoms with Gasteiger partial charge in [-0.2, -0.15) is 0 Å². The number of hydrogen-bond donors (Lipinski definition) is 0. The molecule has 1 aliphatic carbocycles. The molecule has 0 heterocycles. The SMILES string of the molecule is COC(=O)CCN(C(=O)CCOc1ccccc1)C1CCCCC1C. The minimum atomic E-state index is -0.276. The van der Waals surface area contributed by atoms with Gasteiger partial charge in [0.25, 0.3) is 0 Å². The molecule has 1 saturated carbocycles. The first-order chi connectivity index (χ1) is 12.1. The van der Waals surface area contributed by atoms with E-state index in [4.69, 9.17) is 9.47 Å². The van der Waals surface area contributed by atoms with Gasteiger partial charge in [0, 0.05) is 12.6 Å². The fraction of sp³-hybridized carbons (Fsp3) is 0.600. The highest BCUT2D eigenvalue weighted by Crippen LogP contribution is 2.28. The lowest BCUT2D eigenvalue weighted by Crippen LogP contribution is -2.46. The van der Waals surface area contributed by atoms with Crippen molar-refractivity contribution in [3.8, 4) is 5.75 Å². The zero-order valence-electron chi connectivity index (χ0n) is 15.3. The summed E-state index contributed by atoms with van der Waals surface area (Å²) < 4.78 is 10.4. The van der Waals surface area contributed by atoms with Gasteiger partial charge in [-0.15, -0.1) is 0 Å². The second-order valence-corrected chi connectivity index (χ2v) is 6.65. The standard InChI is InChI=1S/C20H29NO4/c1-16-8-6-7-11-18(16)21(14-12-20(23)24-2)19(22)13-15-25-17-9-4-3-5-10-17/h3-5,9-10,16,18H,6-8,11-15H2,1-2H3. The molecule has 0 aromatic heterocycles. The number of hydrogen-bond acceptors (Lipinski definition) is 4. The van der Waals surface area contributed by atoms with Gasteiger partial charge in [0.1, 0.15) is 5.75 Å². The first kappa shape index (κ1) is 19.3. The van der Waals surface area contributed by atoms with Gasteiger partial charge < -0.3 is 14.4 Å². The van der Waals surface area contributed by atoms with Gasteiger partial charge in [-0.25, -0.2) is 0 Å². The largest absolute Gasteiger partial charge is 0.493 e. The molecule has 5 nitrogen and oxygen atoms in total. The third kappa shape index (κ3) is 6.07. The van der Waals surface area contributed by atoms with E-state index in [2.05, 4.69) is 6.92 Å². The molecule has 1 aliphatic rings. The highest BCUT2D eigenvalue weighted by molar-refractivity contribution is 5.77. The van der Waals surface area contributed by atoms with Crippen LogP contribution in [0, 0.1) is 5.92 Å². The lowest BCUT2D eigenvalue weighted by atomic mass is 9.84. The molecule has 1 aromatic rings. The molecule has 1 aromatic carbocycles. The average molecular weight is 347 g/mol. The van der Waals surface area contributed by atoms with Gasteiger partial charge in [-0.3, -0.25) is 9.59 Å². The summed E-state index contributed by atoms with van der Waals surface area (Å²) in [7, 11) is 1.38. The van der Waals surface area contributed by atoms with Crippen molar-refractivity contribution in [3.05, 3.63) is 30.3 Å². The summed E-state index contributed by atoms with van der Waals surface area (Å²) in [5.74, 6) is 1.01. The maximum atomic E-state index is 12.8. The number of benzene rings is 1. The summed E-state index contributed by atoms with van der Waals surface area (Å²) in [6, 6.07) is 9.71. The Morgan fingerprint density at radius 1 is 1.12 bits per heavy atom. The van der Waals surface area contributed by atoms with Crippen molar-refractivity contribution in [1.82, 2.24) is 4.90 Å². The summed E-state index contributed by atoms with van der Waals surface area (Å²) in [5.41, 5.74) is 0. The van der Waals surface area contributed by atoms with E-state index in [-0.39, 0.29) is 24.3 Å². The van der Waals surface area contributed by atoms with Gasteiger partial charge in [-0.05, 0) is 30.9 Å². The topological polar surface area (TPSA) is 55.8 Å². The molecule has 1 fully saturated rings. The van der Waals surface area contributed by atoms with E-state index in [0.29, 0.717) is 25.5 Å². The Balaban J connectivity index is 1.92. The minimum absolute atomic E-state index is 0.0542. The first-order valence-corrected chi connectivity index (χ1v) is 9.16. The number of amides is 1. The number of esters is 1. The second-order valence-electron chi connectivity index (χ2n) is 6.65. The van der Waals surface area contributed by atoms with Crippen LogP contribution in [0.5, 0.6) is 5.75 Å². The van der Waals surface area contributed by atoms with Crippen LogP contribution in [0.2, 0.25) is 0 Å². The van der Waals surface area contributed by atoms with Crippen LogP contribution >= 0.6 is 0 Å². The van der Waals surface area contributed by atoms with Crippen LogP contribution in [0.4, 0.5) is 0 Å². The smallest absolute Gasteiger partial charge is 0.307 e. The van der Waals surface area contributed by atoms with Crippen LogP contribution in [-0.2, 0) is 14.3 Å². The molecular weight excluding hydrogens is 318 g/mol. The highest BCUT2D eigenvalue weighted by atomic mass is 16.5. The van der Waals surface area contributed by atoms with Crippen LogP contribution < -0.4 is 4.74 Å². The van der Waals surface area contributed by atoms with Gasteiger partial charge >= 0.3 is 5.97 Å². The first-order valence-electron chi connectivity index (χ1n) is 9.16. The van der Waals surface area contributed by atoms with Gasteiger partial charge in [0.2, 0.25) is 5.91 Å². The van der Waals surface area contributed by atoms with E-state index in [9.17, 15) is 9.59 Å². The van der Waals surface area contributed by atoms with E-state index in [0.717, 1.165) is 25.0 Å². The molecule has 138 valence electrons. The Labute approximate surface area is 150 Å². The van der Waals surface area contributed by atoms with Crippen molar-refractivity contribution in [2.75, 3.05) is 20.3 Å². The lowest BCUT2D eigenvalue weighted by molar-refractivity contribution is -0.143. The third-order valence-electron chi connectivity index (χ3n) is 4.90. The molecule has 0 N–H and O–H groups in total. The van der Waals surface area contributed by atoms with Gasteiger partial charge in [-0.1, -0.05) is 38.0 Å². The monoisotopic (exact) mass is 347 g/mol. The Kier molecular flexibility index (Phi) is 7.76. The van der Waals surface area contributed by atoms with Crippen molar-refractivity contribution in [3.63, 3.8) is 0 Å². The second kappa shape index (κ2) is 10.1. The predicted octanol–water partition coefficient (Wildman–Crippen LogP) is 3.43. The summed E-state index contributed by atoms with van der Waals surface area (Å²) in [4.78, 5) is 26.2. The number of nitrogens with zero attached hydrogens (tertiary/aromatic N) is 1. The zero-order valence-corrected chi connectivity index (χ0v) is 15.3. The minimum Gasteiger partial charge on any atom is -0.493 e. The van der Waals surface area contributed by atoms with E-state index in [1.807, 2.05) is 35.2 Å². The van der Waals surface area contributed by atoms with Crippen LogP contribution in [0.3, 0.4) is 0 Å². The fourth-order valence-electron chi connectivity index (χ4n) is 3.47. The number of para-hydroxylation sites is 1. The maximum absolute atomic E-state index is 12.8. The van der Waals surface area contributed by atoms with Crippen molar-refractivity contribution in [1.29, 1.82) is 0 Å². The zero-order chi connectivity index (χ0) is 18.1. The fourth-order valence-corrected chi connectivity index (χ4v) is 3.47. The molecule has 0 aliphatic heterocycles. The number of carbonyl (C=O) groups is 2. The van der Waals surface area contributed by atoms with Crippen molar-refractivity contribution >= 4 is 11.9 Å².